The molecule has 0 bridgehead atoms. The van der Waals surface area contributed by atoms with E-state index in [-0.39, 0.29) is 21.4 Å². The number of sulfone groups is 1. The molecule has 5 nitrogen and oxygen atoms in total. The highest BCUT2D eigenvalue weighted by molar-refractivity contribution is 7.90. The molecular weight excluding hydrogens is 372 g/mol. The van der Waals surface area contributed by atoms with Crippen LogP contribution < -0.4 is 0 Å². The van der Waals surface area contributed by atoms with Crippen molar-refractivity contribution >= 4 is 21.4 Å². The summed E-state index contributed by atoms with van der Waals surface area (Å²) in [6, 6.07) is 11.4. The first-order valence-electron chi connectivity index (χ1n) is 7.07. The van der Waals surface area contributed by atoms with Gasteiger partial charge in [-0.2, -0.15) is 5.10 Å². The Morgan fingerprint density at radius 2 is 1.80 bits per heavy atom. The van der Waals surface area contributed by atoms with Gasteiger partial charge in [-0.1, -0.05) is 41.9 Å². The number of pyridine rings is 1. The van der Waals surface area contributed by atoms with Gasteiger partial charge in [0.15, 0.2) is 15.7 Å². The Labute approximate surface area is 147 Å². The average molecular weight is 384 g/mol. The van der Waals surface area contributed by atoms with Crippen molar-refractivity contribution in [1.29, 1.82) is 0 Å². The van der Waals surface area contributed by atoms with E-state index in [0.29, 0.717) is 5.56 Å². The molecule has 0 atom stereocenters. The zero-order valence-electron chi connectivity index (χ0n) is 12.9. The van der Waals surface area contributed by atoms with Crippen LogP contribution in [0.5, 0.6) is 0 Å². The van der Waals surface area contributed by atoms with Gasteiger partial charge in [0.2, 0.25) is 0 Å². The second kappa shape index (κ2) is 6.53. The Kier molecular flexibility index (Phi) is 4.57. The number of hydrogen-bond acceptors (Lipinski definition) is 4. The number of alkyl halides is 2. The zero-order chi connectivity index (χ0) is 18.2. The van der Waals surface area contributed by atoms with E-state index >= 15 is 0 Å². The van der Waals surface area contributed by atoms with E-state index in [1.807, 2.05) is 0 Å². The lowest BCUT2D eigenvalue weighted by Crippen LogP contribution is -2.04. The smallest absolute Gasteiger partial charge is 0.236 e. The lowest BCUT2D eigenvalue weighted by atomic mass is 10.1. The maximum Gasteiger partial charge on any atom is 0.283 e. The van der Waals surface area contributed by atoms with Gasteiger partial charge in [-0.25, -0.2) is 26.9 Å². The summed E-state index contributed by atoms with van der Waals surface area (Å²) < 4.78 is 50.7. The predicted molar refractivity (Wildman–Crippen MR) is 89.9 cm³/mol. The fourth-order valence-corrected chi connectivity index (χ4v) is 3.15. The van der Waals surface area contributed by atoms with Gasteiger partial charge >= 0.3 is 0 Å². The van der Waals surface area contributed by atoms with Crippen LogP contribution >= 0.6 is 11.6 Å². The maximum absolute atomic E-state index is 13.2. The highest BCUT2D eigenvalue weighted by atomic mass is 35.5. The summed E-state index contributed by atoms with van der Waals surface area (Å²) in [7, 11) is -3.42. The summed E-state index contributed by atoms with van der Waals surface area (Å²) in [5.41, 5.74) is 0.285. The third kappa shape index (κ3) is 3.40. The Balaban J connectivity index is 2.20. The first-order valence-corrected chi connectivity index (χ1v) is 9.34. The van der Waals surface area contributed by atoms with Gasteiger partial charge < -0.3 is 0 Å². The minimum absolute atomic E-state index is 0.0184. The van der Waals surface area contributed by atoms with E-state index in [4.69, 9.17) is 11.6 Å². The number of rotatable bonds is 4. The van der Waals surface area contributed by atoms with Gasteiger partial charge in [0.1, 0.15) is 5.69 Å². The minimum Gasteiger partial charge on any atom is -0.236 e. The molecule has 0 aliphatic carbocycles. The summed E-state index contributed by atoms with van der Waals surface area (Å²) in [6.45, 7) is 0. The van der Waals surface area contributed by atoms with E-state index in [1.54, 1.807) is 30.3 Å². The molecule has 0 aliphatic rings. The molecule has 0 amide bonds. The molecule has 0 aliphatic heterocycles. The normalized spacial score (nSPS) is 11.9. The molecule has 0 unspecified atom stereocenters. The summed E-state index contributed by atoms with van der Waals surface area (Å²) >= 11 is 6.13. The lowest BCUT2D eigenvalue weighted by Gasteiger charge is -2.08. The van der Waals surface area contributed by atoms with Crippen LogP contribution in [0.4, 0.5) is 8.78 Å². The SMILES string of the molecule is CS(=O)(=O)c1ccc(-n2nc(C(F)F)c(Cl)c2-c2ccccc2)nc1. The molecule has 0 radical (unpaired) electrons. The average Bonchev–Trinajstić information content (AvgIpc) is 2.92. The van der Waals surface area contributed by atoms with Crippen molar-refractivity contribution < 1.29 is 17.2 Å². The molecule has 130 valence electrons. The van der Waals surface area contributed by atoms with Gasteiger partial charge in [0.25, 0.3) is 6.43 Å². The van der Waals surface area contributed by atoms with E-state index in [2.05, 4.69) is 10.1 Å². The predicted octanol–water partition coefficient (Wildman–Crippen LogP) is 3.93. The third-order valence-electron chi connectivity index (χ3n) is 3.47. The first kappa shape index (κ1) is 17.5. The van der Waals surface area contributed by atoms with Crippen molar-refractivity contribution in [3.63, 3.8) is 0 Å². The molecule has 0 spiro atoms. The van der Waals surface area contributed by atoms with Crippen molar-refractivity contribution in [3.8, 4) is 17.1 Å². The van der Waals surface area contributed by atoms with Crippen LogP contribution in [0.15, 0.2) is 53.6 Å². The summed E-state index contributed by atoms with van der Waals surface area (Å²) in [5, 5.41) is 3.70. The van der Waals surface area contributed by atoms with Crippen molar-refractivity contribution in [2.45, 2.75) is 11.3 Å². The van der Waals surface area contributed by atoms with Crippen molar-refractivity contribution in [1.82, 2.24) is 14.8 Å². The van der Waals surface area contributed by atoms with Gasteiger partial charge in [0, 0.05) is 18.0 Å². The number of hydrogen-bond donors (Lipinski definition) is 0. The lowest BCUT2D eigenvalue weighted by molar-refractivity contribution is 0.145. The second-order valence-electron chi connectivity index (χ2n) is 5.25. The van der Waals surface area contributed by atoms with Crippen molar-refractivity contribution in [2.24, 2.45) is 0 Å². The molecule has 0 saturated heterocycles. The van der Waals surface area contributed by atoms with Crippen LogP contribution in [-0.2, 0) is 9.84 Å². The van der Waals surface area contributed by atoms with Gasteiger partial charge in [-0.15, -0.1) is 0 Å². The molecule has 2 heterocycles. The minimum atomic E-state index is -3.42. The van der Waals surface area contributed by atoms with Crippen LogP contribution in [0, 0.1) is 0 Å². The van der Waals surface area contributed by atoms with Crippen LogP contribution in [0.3, 0.4) is 0 Å². The summed E-state index contributed by atoms with van der Waals surface area (Å²) in [6.07, 6.45) is -0.651. The molecule has 0 fully saturated rings. The molecule has 1 aromatic carbocycles. The molecular formula is C16H12ClF2N3O2S. The fourth-order valence-electron chi connectivity index (χ4n) is 2.28. The van der Waals surface area contributed by atoms with Crippen LogP contribution in [0.1, 0.15) is 12.1 Å². The fraction of sp³-hybridized carbons (Fsp3) is 0.125. The summed E-state index contributed by atoms with van der Waals surface area (Å²) in [5.74, 6) is 0.181. The third-order valence-corrected chi connectivity index (χ3v) is 4.94. The monoisotopic (exact) mass is 383 g/mol. The first-order chi connectivity index (χ1) is 11.8. The topological polar surface area (TPSA) is 64.8 Å². The quantitative estimate of drug-likeness (QED) is 0.684. The molecule has 3 rings (SSSR count). The van der Waals surface area contributed by atoms with E-state index < -0.39 is 22.0 Å². The number of halogens is 3. The van der Waals surface area contributed by atoms with E-state index in [0.717, 1.165) is 12.5 Å². The number of benzene rings is 1. The number of aromatic nitrogens is 3. The molecule has 0 N–H and O–H groups in total. The van der Waals surface area contributed by atoms with E-state index in [9.17, 15) is 17.2 Å². The molecule has 2 aromatic heterocycles. The van der Waals surface area contributed by atoms with Crippen molar-refractivity contribution in [2.75, 3.05) is 6.26 Å². The Hall–Kier alpha value is -2.32. The van der Waals surface area contributed by atoms with Gasteiger partial charge in [-0.3, -0.25) is 0 Å². The number of nitrogens with zero attached hydrogens (tertiary/aromatic N) is 3. The Bertz CT molecular complexity index is 1000. The van der Waals surface area contributed by atoms with E-state index in [1.165, 1.54) is 16.8 Å². The molecule has 25 heavy (non-hydrogen) atoms. The van der Waals surface area contributed by atoms with Crippen LogP contribution in [0.25, 0.3) is 17.1 Å². The highest BCUT2D eigenvalue weighted by Gasteiger charge is 2.25. The maximum atomic E-state index is 13.2. The second-order valence-corrected chi connectivity index (χ2v) is 7.64. The molecule has 0 saturated carbocycles. The van der Waals surface area contributed by atoms with Crippen molar-refractivity contribution in [3.05, 3.63) is 59.4 Å². The van der Waals surface area contributed by atoms with Crippen LogP contribution in [0.2, 0.25) is 5.02 Å². The summed E-state index contributed by atoms with van der Waals surface area (Å²) in [4.78, 5) is 4.05. The zero-order valence-corrected chi connectivity index (χ0v) is 14.5. The standard InChI is InChI=1S/C16H12ClF2N3O2S/c1-25(23,24)11-7-8-12(20-9-11)22-15(10-5-3-2-4-6-10)13(17)14(21-22)16(18)19/h2-9,16H,1H3. The molecule has 3 aromatic rings. The Morgan fingerprint density at radius 3 is 2.32 bits per heavy atom. The largest absolute Gasteiger partial charge is 0.283 e. The highest BCUT2D eigenvalue weighted by Crippen LogP contribution is 2.36. The Morgan fingerprint density at radius 1 is 1.12 bits per heavy atom. The van der Waals surface area contributed by atoms with Crippen LogP contribution in [-0.4, -0.2) is 29.4 Å². The van der Waals surface area contributed by atoms with Gasteiger partial charge in [-0.05, 0) is 12.1 Å². The molecule has 9 heteroatoms. The van der Waals surface area contributed by atoms with Gasteiger partial charge in [0.05, 0.1) is 15.6 Å².